The first-order valence-electron chi connectivity index (χ1n) is 8.20. The number of benzene rings is 1. The topological polar surface area (TPSA) is 67.4 Å². The zero-order valence-electron chi connectivity index (χ0n) is 15.0. The molecule has 0 saturated carbocycles. The summed E-state index contributed by atoms with van der Waals surface area (Å²) < 4.78 is 18.9. The summed E-state index contributed by atoms with van der Waals surface area (Å²) in [6, 6.07) is 4.03. The van der Waals surface area contributed by atoms with Gasteiger partial charge < -0.3 is 10.1 Å². The van der Waals surface area contributed by atoms with Crippen molar-refractivity contribution in [3.05, 3.63) is 24.0 Å². The van der Waals surface area contributed by atoms with Crippen molar-refractivity contribution in [3.63, 3.8) is 0 Å². The molecule has 24 heavy (non-hydrogen) atoms. The van der Waals surface area contributed by atoms with E-state index in [2.05, 4.69) is 17.6 Å². The number of hydrogen-bond acceptors (Lipinski definition) is 3. The summed E-state index contributed by atoms with van der Waals surface area (Å²) in [5.41, 5.74) is -0.290. The molecule has 0 aromatic heterocycles. The van der Waals surface area contributed by atoms with Crippen molar-refractivity contribution in [3.8, 4) is 0 Å². The predicted molar refractivity (Wildman–Crippen MR) is 93.6 cm³/mol. The number of hydrogen-bond donors (Lipinski definition) is 2. The highest BCUT2D eigenvalue weighted by Gasteiger charge is 2.18. The van der Waals surface area contributed by atoms with E-state index in [-0.39, 0.29) is 17.5 Å². The minimum atomic E-state index is -0.749. The molecule has 0 saturated heterocycles. The van der Waals surface area contributed by atoms with Crippen molar-refractivity contribution < 1.29 is 18.7 Å². The Morgan fingerprint density at radius 2 is 1.92 bits per heavy atom. The Morgan fingerprint density at radius 1 is 1.25 bits per heavy atom. The van der Waals surface area contributed by atoms with E-state index in [1.54, 1.807) is 20.8 Å². The molecule has 0 heterocycles. The Hall–Kier alpha value is -2.11. The third-order valence-corrected chi connectivity index (χ3v) is 3.20. The number of rotatable bonds is 6. The van der Waals surface area contributed by atoms with Crippen molar-refractivity contribution in [1.29, 1.82) is 0 Å². The van der Waals surface area contributed by atoms with Crippen LogP contribution in [0.15, 0.2) is 18.2 Å². The fourth-order valence-corrected chi connectivity index (χ4v) is 2.24. The van der Waals surface area contributed by atoms with Gasteiger partial charge in [-0.1, -0.05) is 26.7 Å². The highest BCUT2D eigenvalue weighted by atomic mass is 19.1. The van der Waals surface area contributed by atoms with Crippen molar-refractivity contribution in [2.75, 3.05) is 10.6 Å². The standard InChI is InChI=1S/C18H27FN2O3/c1-6-7-12(2)10-16(22)20-13-8-9-14(19)15(11-13)21-17(23)24-18(3,4)5/h8-9,11-12H,6-7,10H2,1-5H3,(H,20,22)(H,21,23). The van der Waals surface area contributed by atoms with E-state index in [0.29, 0.717) is 12.1 Å². The van der Waals surface area contributed by atoms with Crippen LogP contribution in [-0.2, 0) is 9.53 Å². The number of ether oxygens (including phenoxy) is 1. The van der Waals surface area contributed by atoms with Gasteiger partial charge in [0.25, 0.3) is 0 Å². The lowest BCUT2D eigenvalue weighted by Crippen LogP contribution is -2.27. The van der Waals surface area contributed by atoms with E-state index in [1.165, 1.54) is 18.2 Å². The molecule has 0 fully saturated rings. The number of nitrogens with one attached hydrogen (secondary N) is 2. The number of anilines is 2. The Labute approximate surface area is 143 Å². The molecular formula is C18H27FN2O3. The second-order valence-corrected chi connectivity index (χ2v) is 6.97. The molecule has 1 atom stereocenters. The number of amides is 2. The van der Waals surface area contributed by atoms with Crippen LogP contribution in [-0.4, -0.2) is 17.6 Å². The quantitative estimate of drug-likeness (QED) is 0.772. The van der Waals surface area contributed by atoms with E-state index in [9.17, 15) is 14.0 Å². The second-order valence-electron chi connectivity index (χ2n) is 6.97. The van der Waals surface area contributed by atoms with Crippen LogP contribution in [0.3, 0.4) is 0 Å². The first-order valence-corrected chi connectivity index (χ1v) is 8.20. The van der Waals surface area contributed by atoms with Crippen LogP contribution >= 0.6 is 0 Å². The summed E-state index contributed by atoms with van der Waals surface area (Å²) >= 11 is 0. The molecule has 2 N–H and O–H groups in total. The van der Waals surface area contributed by atoms with Gasteiger partial charge in [0.05, 0.1) is 5.69 Å². The van der Waals surface area contributed by atoms with Crippen LogP contribution in [0.1, 0.15) is 53.9 Å². The van der Waals surface area contributed by atoms with Gasteiger partial charge in [0.15, 0.2) is 0 Å². The molecule has 2 amide bonds. The predicted octanol–water partition coefficient (Wildman–Crippen LogP) is 4.94. The van der Waals surface area contributed by atoms with Crippen molar-refractivity contribution in [1.82, 2.24) is 0 Å². The number of carbonyl (C=O) groups is 2. The zero-order valence-corrected chi connectivity index (χ0v) is 15.0. The molecule has 1 aromatic rings. The summed E-state index contributed by atoms with van der Waals surface area (Å²) in [4.78, 5) is 23.7. The summed E-state index contributed by atoms with van der Waals surface area (Å²) in [5.74, 6) is -0.446. The molecule has 0 aliphatic rings. The van der Waals surface area contributed by atoms with Gasteiger partial charge in [-0.15, -0.1) is 0 Å². The zero-order chi connectivity index (χ0) is 18.3. The lowest BCUT2D eigenvalue weighted by molar-refractivity contribution is -0.117. The maximum atomic E-state index is 13.8. The van der Waals surface area contributed by atoms with Crippen molar-refractivity contribution in [2.45, 2.75) is 59.5 Å². The Balaban J connectivity index is 2.72. The summed E-state index contributed by atoms with van der Waals surface area (Å²) in [6.07, 6.45) is 1.65. The molecule has 134 valence electrons. The van der Waals surface area contributed by atoms with E-state index < -0.39 is 17.5 Å². The van der Waals surface area contributed by atoms with E-state index in [0.717, 1.165) is 12.8 Å². The average Bonchev–Trinajstić information content (AvgIpc) is 2.40. The fraction of sp³-hybridized carbons (Fsp3) is 0.556. The van der Waals surface area contributed by atoms with Gasteiger partial charge in [-0.3, -0.25) is 10.1 Å². The largest absolute Gasteiger partial charge is 0.444 e. The van der Waals surface area contributed by atoms with Crippen molar-refractivity contribution in [2.24, 2.45) is 5.92 Å². The molecular weight excluding hydrogens is 311 g/mol. The van der Waals surface area contributed by atoms with Gasteiger partial charge in [-0.05, 0) is 44.9 Å². The molecule has 6 heteroatoms. The normalized spacial score (nSPS) is 12.4. The van der Waals surface area contributed by atoms with Crippen LogP contribution in [0.2, 0.25) is 0 Å². The molecule has 0 aliphatic heterocycles. The highest BCUT2D eigenvalue weighted by Crippen LogP contribution is 2.21. The van der Waals surface area contributed by atoms with Crippen molar-refractivity contribution >= 4 is 23.4 Å². The lowest BCUT2D eigenvalue weighted by Gasteiger charge is -2.20. The first-order chi connectivity index (χ1) is 11.1. The summed E-state index contributed by atoms with van der Waals surface area (Å²) in [6.45, 7) is 9.25. The van der Waals surface area contributed by atoms with Gasteiger partial charge >= 0.3 is 6.09 Å². The Morgan fingerprint density at radius 3 is 2.50 bits per heavy atom. The lowest BCUT2D eigenvalue weighted by atomic mass is 10.0. The van der Waals surface area contributed by atoms with E-state index in [4.69, 9.17) is 4.74 Å². The van der Waals surface area contributed by atoms with Crippen LogP contribution in [0.25, 0.3) is 0 Å². The van der Waals surface area contributed by atoms with Crippen LogP contribution in [0.4, 0.5) is 20.6 Å². The Kier molecular flexibility index (Phi) is 7.19. The molecule has 0 bridgehead atoms. The third-order valence-electron chi connectivity index (χ3n) is 3.20. The van der Waals surface area contributed by atoms with E-state index >= 15 is 0 Å². The molecule has 0 spiro atoms. The SMILES string of the molecule is CCCC(C)CC(=O)Nc1ccc(F)c(NC(=O)OC(C)(C)C)c1. The van der Waals surface area contributed by atoms with Gasteiger partial charge in [0.2, 0.25) is 5.91 Å². The van der Waals surface area contributed by atoms with E-state index in [1.807, 2.05) is 6.92 Å². The van der Waals surface area contributed by atoms with Gasteiger partial charge in [0.1, 0.15) is 11.4 Å². The van der Waals surface area contributed by atoms with Gasteiger partial charge in [-0.25, -0.2) is 9.18 Å². The third kappa shape index (κ3) is 7.44. The molecule has 1 aromatic carbocycles. The number of carbonyl (C=O) groups excluding carboxylic acids is 2. The second kappa shape index (κ2) is 8.66. The molecule has 5 nitrogen and oxygen atoms in total. The minimum absolute atomic E-state index is 0.0383. The van der Waals surface area contributed by atoms with Gasteiger partial charge in [-0.2, -0.15) is 0 Å². The Bertz CT molecular complexity index is 582. The van der Waals surface area contributed by atoms with Crippen LogP contribution in [0, 0.1) is 11.7 Å². The van der Waals surface area contributed by atoms with Crippen LogP contribution < -0.4 is 10.6 Å². The molecule has 0 aliphatic carbocycles. The maximum Gasteiger partial charge on any atom is 0.412 e. The molecule has 1 rings (SSSR count). The smallest absolute Gasteiger partial charge is 0.412 e. The fourth-order valence-electron chi connectivity index (χ4n) is 2.24. The first kappa shape index (κ1) is 19.9. The highest BCUT2D eigenvalue weighted by molar-refractivity contribution is 5.92. The average molecular weight is 338 g/mol. The minimum Gasteiger partial charge on any atom is -0.444 e. The maximum absolute atomic E-state index is 13.8. The van der Waals surface area contributed by atoms with Crippen LogP contribution in [0.5, 0.6) is 0 Å². The summed E-state index contributed by atoms with van der Waals surface area (Å²) in [7, 11) is 0. The number of halogens is 1. The van der Waals surface area contributed by atoms with Gasteiger partial charge in [0, 0.05) is 12.1 Å². The summed E-state index contributed by atoms with van der Waals surface area (Å²) in [5, 5.41) is 5.08. The molecule has 0 radical (unpaired) electrons. The monoisotopic (exact) mass is 338 g/mol. The molecule has 1 unspecified atom stereocenters.